The number of Topliss-reactive ketones (excluding diaryl/α,β-unsaturated/α-hetero) is 1. The first-order valence-corrected chi connectivity index (χ1v) is 5.75. The zero-order valence-electron chi connectivity index (χ0n) is 10.2. The third kappa shape index (κ3) is 3.14. The molecule has 0 aliphatic rings. The molecular weight excluding hydrogens is 271 g/mol. The van der Waals surface area contributed by atoms with Gasteiger partial charge in [0.2, 0.25) is 11.7 Å². The van der Waals surface area contributed by atoms with Crippen molar-refractivity contribution in [2.24, 2.45) is 0 Å². The van der Waals surface area contributed by atoms with E-state index in [2.05, 4.69) is 5.32 Å². The van der Waals surface area contributed by atoms with Crippen LogP contribution in [0.25, 0.3) is 10.8 Å². The van der Waals surface area contributed by atoms with E-state index in [0.717, 1.165) is 5.39 Å². The van der Waals surface area contributed by atoms with Crippen LogP contribution in [-0.2, 0) is 9.59 Å². The molecule has 1 amide bonds. The van der Waals surface area contributed by atoms with Gasteiger partial charge in [-0.25, -0.2) is 0 Å². The van der Waals surface area contributed by atoms with Gasteiger partial charge in [-0.05, 0) is 11.5 Å². The lowest BCUT2D eigenvalue weighted by molar-refractivity contribution is -0.171. The molecule has 1 N–H and O–H groups in total. The van der Waals surface area contributed by atoms with E-state index in [-0.39, 0.29) is 0 Å². The van der Waals surface area contributed by atoms with Crippen molar-refractivity contribution in [3.05, 3.63) is 42.5 Å². The maximum absolute atomic E-state index is 12.1. The summed E-state index contributed by atoms with van der Waals surface area (Å²) < 4.78 is 36.2. The number of amides is 1. The van der Waals surface area contributed by atoms with Crippen LogP contribution in [0.5, 0.6) is 0 Å². The topological polar surface area (TPSA) is 46.2 Å². The summed E-state index contributed by atoms with van der Waals surface area (Å²) in [6.45, 7) is 0. The molecule has 0 spiro atoms. The van der Waals surface area contributed by atoms with Crippen LogP contribution >= 0.6 is 0 Å². The van der Waals surface area contributed by atoms with Crippen molar-refractivity contribution in [3.8, 4) is 0 Å². The summed E-state index contributed by atoms with van der Waals surface area (Å²) in [5.74, 6) is -3.04. The van der Waals surface area contributed by atoms with E-state index in [9.17, 15) is 22.8 Å². The molecule has 3 nitrogen and oxygen atoms in total. The normalized spacial score (nSPS) is 11.3. The molecule has 0 atom stereocenters. The highest BCUT2D eigenvalue weighted by Crippen LogP contribution is 2.24. The van der Waals surface area contributed by atoms with Crippen LogP contribution in [0.2, 0.25) is 0 Å². The van der Waals surface area contributed by atoms with Crippen molar-refractivity contribution in [2.45, 2.75) is 12.6 Å². The van der Waals surface area contributed by atoms with Gasteiger partial charge in [0, 0.05) is 11.1 Å². The van der Waals surface area contributed by atoms with E-state index in [1.165, 1.54) is 0 Å². The minimum absolute atomic E-state index is 0.378. The Morgan fingerprint density at radius 1 is 1.00 bits per heavy atom. The van der Waals surface area contributed by atoms with Crippen LogP contribution in [0.4, 0.5) is 18.9 Å². The standard InChI is InChI=1S/C14H10F3NO2/c15-14(16,17)12(19)8-13(20)18-11-7-3-5-9-4-1-2-6-10(9)11/h1-7H,8H2,(H,18,20). The molecule has 0 saturated heterocycles. The number of carbonyl (C=O) groups is 2. The van der Waals surface area contributed by atoms with Crippen molar-refractivity contribution in [1.29, 1.82) is 0 Å². The number of hydrogen-bond donors (Lipinski definition) is 1. The first-order chi connectivity index (χ1) is 9.38. The molecule has 2 aromatic rings. The second-order valence-electron chi connectivity index (χ2n) is 4.17. The Hall–Kier alpha value is -2.37. The first kappa shape index (κ1) is 14.0. The molecule has 0 bridgehead atoms. The van der Waals surface area contributed by atoms with E-state index >= 15 is 0 Å². The average molecular weight is 281 g/mol. The Kier molecular flexibility index (Phi) is 3.74. The maximum Gasteiger partial charge on any atom is 0.450 e. The number of alkyl halides is 3. The second kappa shape index (κ2) is 5.32. The molecule has 2 aromatic carbocycles. The molecular formula is C14H10F3NO2. The molecule has 0 aliphatic heterocycles. The quantitative estimate of drug-likeness (QED) is 0.877. The van der Waals surface area contributed by atoms with Crippen molar-refractivity contribution >= 4 is 28.2 Å². The minimum atomic E-state index is -4.99. The number of anilines is 1. The van der Waals surface area contributed by atoms with Gasteiger partial charge in [0.15, 0.2) is 0 Å². The lowest BCUT2D eigenvalue weighted by Gasteiger charge is -2.09. The molecule has 0 radical (unpaired) electrons. The lowest BCUT2D eigenvalue weighted by Crippen LogP contribution is -2.27. The van der Waals surface area contributed by atoms with E-state index in [1.54, 1.807) is 30.3 Å². The van der Waals surface area contributed by atoms with Gasteiger partial charge in [0.1, 0.15) is 0 Å². The van der Waals surface area contributed by atoms with Crippen molar-refractivity contribution < 1.29 is 22.8 Å². The molecule has 0 unspecified atom stereocenters. The van der Waals surface area contributed by atoms with Crippen LogP contribution in [0.3, 0.4) is 0 Å². The van der Waals surface area contributed by atoms with Crippen molar-refractivity contribution in [1.82, 2.24) is 0 Å². The summed E-state index contributed by atoms with van der Waals surface area (Å²) >= 11 is 0. The number of hydrogen-bond acceptors (Lipinski definition) is 2. The predicted octanol–water partition coefficient (Wildman–Crippen LogP) is 3.30. The molecule has 2 rings (SSSR count). The second-order valence-corrected chi connectivity index (χ2v) is 4.17. The summed E-state index contributed by atoms with van der Waals surface area (Å²) in [5, 5.41) is 3.87. The summed E-state index contributed by atoms with van der Waals surface area (Å²) in [6.07, 6.45) is -6.21. The van der Waals surface area contributed by atoms with Gasteiger partial charge >= 0.3 is 6.18 Å². The van der Waals surface area contributed by atoms with Gasteiger partial charge in [0.25, 0.3) is 0 Å². The smallest absolute Gasteiger partial charge is 0.325 e. The predicted molar refractivity (Wildman–Crippen MR) is 68.3 cm³/mol. The fourth-order valence-electron chi connectivity index (χ4n) is 1.77. The first-order valence-electron chi connectivity index (χ1n) is 5.75. The number of halogens is 3. The Balaban J connectivity index is 2.17. The van der Waals surface area contributed by atoms with Gasteiger partial charge in [-0.15, -0.1) is 0 Å². The van der Waals surface area contributed by atoms with Crippen LogP contribution in [0, 0.1) is 0 Å². The van der Waals surface area contributed by atoms with Crippen molar-refractivity contribution in [3.63, 3.8) is 0 Å². The number of nitrogens with one attached hydrogen (secondary N) is 1. The molecule has 104 valence electrons. The third-order valence-corrected chi connectivity index (χ3v) is 2.70. The van der Waals surface area contributed by atoms with E-state index in [0.29, 0.717) is 11.1 Å². The SMILES string of the molecule is O=C(CC(=O)C(F)(F)F)Nc1cccc2ccccc12. The minimum Gasteiger partial charge on any atom is -0.325 e. The molecule has 0 fully saturated rings. The van der Waals surface area contributed by atoms with Crippen LogP contribution < -0.4 is 5.32 Å². The van der Waals surface area contributed by atoms with Gasteiger partial charge < -0.3 is 5.32 Å². The Labute approximate surface area is 112 Å². The number of benzene rings is 2. The highest BCUT2D eigenvalue weighted by molar-refractivity contribution is 6.09. The summed E-state index contributed by atoms with van der Waals surface area (Å²) in [5.41, 5.74) is 0.378. The van der Waals surface area contributed by atoms with Crippen LogP contribution in [0.15, 0.2) is 42.5 Å². The molecule has 0 heterocycles. The number of carbonyl (C=O) groups excluding carboxylic acids is 2. The number of rotatable bonds is 3. The summed E-state index contributed by atoms with van der Waals surface area (Å²) in [4.78, 5) is 22.2. The molecule has 0 aliphatic carbocycles. The van der Waals surface area contributed by atoms with Crippen molar-refractivity contribution in [2.75, 3.05) is 5.32 Å². The van der Waals surface area contributed by atoms with E-state index in [1.807, 2.05) is 12.1 Å². The highest BCUT2D eigenvalue weighted by Gasteiger charge is 2.39. The lowest BCUT2D eigenvalue weighted by atomic mass is 10.1. The fourth-order valence-corrected chi connectivity index (χ4v) is 1.77. The highest BCUT2D eigenvalue weighted by atomic mass is 19.4. The summed E-state index contributed by atoms with van der Waals surface area (Å²) in [6, 6.07) is 12.1. The number of fused-ring (bicyclic) bond motifs is 1. The molecule has 20 heavy (non-hydrogen) atoms. The van der Waals surface area contributed by atoms with E-state index in [4.69, 9.17) is 0 Å². The molecule has 0 aromatic heterocycles. The van der Waals surface area contributed by atoms with Gasteiger partial charge in [-0.3, -0.25) is 9.59 Å². The Bertz CT molecular complexity index is 660. The number of ketones is 1. The maximum atomic E-state index is 12.1. The van der Waals surface area contributed by atoms with Gasteiger partial charge in [-0.2, -0.15) is 13.2 Å². The van der Waals surface area contributed by atoms with Crippen LogP contribution in [-0.4, -0.2) is 17.9 Å². The zero-order valence-corrected chi connectivity index (χ0v) is 10.2. The molecule has 0 saturated carbocycles. The third-order valence-electron chi connectivity index (χ3n) is 2.70. The van der Waals surface area contributed by atoms with Gasteiger partial charge in [0.05, 0.1) is 6.42 Å². The van der Waals surface area contributed by atoms with Gasteiger partial charge in [-0.1, -0.05) is 36.4 Å². The summed E-state index contributed by atoms with van der Waals surface area (Å²) in [7, 11) is 0. The van der Waals surface area contributed by atoms with E-state index < -0.39 is 24.3 Å². The monoisotopic (exact) mass is 281 g/mol. The van der Waals surface area contributed by atoms with Crippen LogP contribution in [0.1, 0.15) is 6.42 Å². The molecule has 6 heteroatoms. The zero-order chi connectivity index (χ0) is 14.8. The fraction of sp³-hybridized carbons (Fsp3) is 0.143. The Morgan fingerprint density at radius 2 is 1.65 bits per heavy atom. The largest absolute Gasteiger partial charge is 0.450 e. The Morgan fingerprint density at radius 3 is 2.35 bits per heavy atom. The average Bonchev–Trinajstić information content (AvgIpc) is 2.38.